The van der Waals surface area contributed by atoms with Crippen molar-refractivity contribution in [3.05, 3.63) is 81.0 Å². The number of Topliss-reactive ketones (excluding diaryl/α,β-unsaturated/α-hetero) is 1. The van der Waals surface area contributed by atoms with Crippen LogP contribution in [-0.4, -0.2) is 95.4 Å². The largest absolute Gasteiger partial charge is 0.485 e. The van der Waals surface area contributed by atoms with Crippen LogP contribution in [0.1, 0.15) is 45.5 Å². The number of carbonyl (C=O) groups is 3. The molecule has 1 aliphatic carbocycles. The van der Waals surface area contributed by atoms with Crippen molar-refractivity contribution < 1.29 is 38.1 Å². The molecule has 10 nitrogen and oxygen atoms in total. The fourth-order valence-corrected chi connectivity index (χ4v) is 6.44. The summed E-state index contributed by atoms with van der Waals surface area (Å²) >= 11 is 5.69. The van der Waals surface area contributed by atoms with E-state index in [1.807, 2.05) is 0 Å². The third-order valence-corrected chi connectivity index (χ3v) is 9.01. The zero-order valence-corrected chi connectivity index (χ0v) is 25.7. The number of ketones is 1. The van der Waals surface area contributed by atoms with Gasteiger partial charge in [0.1, 0.15) is 12.7 Å². The molecule has 0 saturated carbocycles. The molecule has 1 atom stereocenters. The fraction of sp³-hybridized carbons (Fsp3) is 0.394. The summed E-state index contributed by atoms with van der Waals surface area (Å²) in [5, 5.41) is 22.5. The minimum Gasteiger partial charge on any atom is -0.485 e. The maximum absolute atomic E-state index is 14.1. The Balaban J connectivity index is 1.14. The van der Waals surface area contributed by atoms with Gasteiger partial charge in [-0.15, -0.1) is 0 Å². The summed E-state index contributed by atoms with van der Waals surface area (Å²) in [6.45, 7) is 2.04. The molecule has 2 aromatic carbocycles. The fourth-order valence-electron chi connectivity index (χ4n) is 6.29. The van der Waals surface area contributed by atoms with Gasteiger partial charge in [-0.2, -0.15) is 0 Å². The lowest BCUT2D eigenvalue weighted by Gasteiger charge is -2.32. The van der Waals surface area contributed by atoms with Gasteiger partial charge in [0.05, 0.1) is 40.6 Å². The van der Waals surface area contributed by atoms with Gasteiger partial charge in [0, 0.05) is 37.3 Å². The van der Waals surface area contributed by atoms with Crippen LogP contribution in [0.5, 0.6) is 5.75 Å². The number of aliphatic hydroxyl groups is 2. The van der Waals surface area contributed by atoms with Crippen LogP contribution in [0.3, 0.4) is 0 Å². The van der Waals surface area contributed by atoms with Crippen molar-refractivity contribution in [1.82, 2.24) is 9.80 Å². The number of allylic oxidation sites excluding steroid dienone is 4. The highest BCUT2D eigenvalue weighted by atomic mass is 35.5. The second-order valence-electron chi connectivity index (χ2n) is 11.8. The zero-order chi connectivity index (χ0) is 32.5. The highest BCUT2D eigenvalue weighted by Crippen LogP contribution is 2.37. The first-order valence-electron chi connectivity index (χ1n) is 15.2. The van der Waals surface area contributed by atoms with Crippen LogP contribution in [0, 0.1) is 17.6 Å². The zero-order valence-electron chi connectivity index (χ0n) is 24.9. The van der Waals surface area contributed by atoms with Crippen molar-refractivity contribution >= 4 is 40.6 Å². The van der Waals surface area contributed by atoms with Crippen molar-refractivity contribution in [2.24, 2.45) is 10.9 Å². The maximum atomic E-state index is 14.1. The van der Waals surface area contributed by atoms with Crippen LogP contribution >= 0.6 is 11.6 Å². The Labute approximate surface area is 269 Å². The number of likely N-dealkylation sites (tertiary alicyclic amines) is 1. The molecule has 0 unspecified atom stereocenters. The van der Waals surface area contributed by atoms with Crippen molar-refractivity contribution in [1.29, 1.82) is 0 Å². The summed E-state index contributed by atoms with van der Waals surface area (Å²) in [6, 6.07) is 5.39. The lowest BCUT2D eigenvalue weighted by Crippen LogP contribution is -2.41. The predicted octanol–water partition coefficient (Wildman–Crippen LogP) is 3.55. The molecule has 3 N–H and O–H groups in total. The molecule has 4 aliphatic rings. The Hall–Kier alpha value is -3.97. The van der Waals surface area contributed by atoms with E-state index in [1.165, 1.54) is 4.90 Å². The molecular formula is C33H33ClF2N4O6. The van der Waals surface area contributed by atoms with Crippen molar-refractivity contribution in [3.8, 4) is 5.75 Å². The van der Waals surface area contributed by atoms with Crippen LogP contribution < -0.4 is 10.1 Å². The van der Waals surface area contributed by atoms with Crippen LogP contribution in [0.4, 0.5) is 14.5 Å². The van der Waals surface area contributed by atoms with Crippen LogP contribution in [0.25, 0.3) is 0 Å². The highest BCUT2D eigenvalue weighted by molar-refractivity contribution is 6.31. The first-order chi connectivity index (χ1) is 22.1. The number of β-amino-alcohol motifs (C(OH)–C–C–N with tert-alkyl or cyclic N) is 1. The Bertz CT molecular complexity index is 1640. The van der Waals surface area contributed by atoms with Gasteiger partial charge in [0.2, 0.25) is 0 Å². The van der Waals surface area contributed by atoms with Gasteiger partial charge in [-0.3, -0.25) is 24.3 Å². The normalized spacial score (nSPS) is 21.6. The summed E-state index contributed by atoms with van der Waals surface area (Å²) in [5.74, 6) is -3.39. The van der Waals surface area contributed by atoms with E-state index in [9.17, 15) is 33.4 Å². The number of carbonyl (C=O) groups excluding carboxylic acids is 3. The number of aliphatic imine (C=N–C) groups is 1. The van der Waals surface area contributed by atoms with Gasteiger partial charge >= 0.3 is 0 Å². The minimum atomic E-state index is -1.24. The van der Waals surface area contributed by atoms with Crippen molar-refractivity contribution in [3.63, 3.8) is 0 Å². The number of piperidine rings is 1. The molecule has 1 fully saturated rings. The molecule has 13 heteroatoms. The number of imide groups is 1. The number of aliphatic hydroxyl groups excluding tert-OH is 2. The number of halogens is 3. The summed E-state index contributed by atoms with van der Waals surface area (Å²) < 4.78 is 33.2. The molecule has 2 amide bonds. The lowest BCUT2D eigenvalue weighted by molar-refractivity contribution is -0.114. The predicted molar refractivity (Wildman–Crippen MR) is 166 cm³/mol. The maximum Gasteiger partial charge on any atom is 0.261 e. The molecular weight excluding hydrogens is 622 g/mol. The Morgan fingerprint density at radius 2 is 1.85 bits per heavy atom. The van der Waals surface area contributed by atoms with Crippen molar-refractivity contribution in [2.45, 2.75) is 31.8 Å². The SMILES string of the molecule is O=C1CC=CC(=NC[C@@H](O)COc2c(F)ccc(Cl)c2F)C1=C1Cc2cc3c(cc2N1)C(=O)N(CC1CCN(CCO)CC1)C3=O. The first kappa shape index (κ1) is 32.0. The molecule has 0 radical (unpaired) electrons. The average molecular weight is 655 g/mol. The van der Waals surface area contributed by atoms with E-state index in [-0.39, 0.29) is 48.1 Å². The van der Waals surface area contributed by atoms with Gasteiger partial charge < -0.3 is 25.2 Å². The summed E-state index contributed by atoms with van der Waals surface area (Å²) in [5.41, 5.74) is 3.26. The molecule has 0 aromatic heterocycles. The van der Waals surface area contributed by atoms with E-state index in [4.69, 9.17) is 16.3 Å². The Kier molecular flexibility index (Phi) is 9.32. The number of amides is 2. The smallest absolute Gasteiger partial charge is 0.261 e. The molecule has 6 rings (SSSR count). The number of fused-ring (bicyclic) bond motifs is 2. The van der Waals surface area contributed by atoms with Crippen LogP contribution in [0.15, 0.2) is 52.7 Å². The van der Waals surface area contributed by atoms with Crippen molar-refractivity contribution in [2.75, 3.05) is 51.3 Å². The monoisotopic (exact) mass is 654 g/mol. The lowest BCUT2D eigenvalue weighted by atomic mass is 9.94. The number of rotatable bonds is 9. The standard InChI is InChI=1S/C33H33ClF2N4O6/c34-23-4-5-24(35)31(30(23)36)46-17-20(42)15-37-25-2-1-3-28(43)29(25)27-13-19-12-21-22(14-26(19)38-27)33(45)40(32(21)44)16-18-6-8-39(9-7-18)10-11-41/h1-2,4-5,12,14,18,20,38,41-42H,3,6-11,13,15-17H2/t20-/m1/s1. The second-order valence-corrected chi connectivity index (χ2v) is 12.2. The summed E-state index contributed by atoms with van der Waals surface area (Å²) in [7, 11) is 0. The quantitative estimate of drug-likeness (QED) is 0.213. The molecule has 0 bridgehead atoms. The van der Waals surface area contributed by atoms with E-state index >= 15 is 0 Å². The van der Waals surface area contributed by atoms with E-state index in [1.54, 1.807) is 24.3 Å². The molecule has 0 spiro atoms. The highest BCUT2D eigenvalue weighted by Gasteiger charge is 2.39. The third-order valence-electron chi connectivity index (χ3n) is 8.72. The average Bonchev–Trinajstić information content (AvgIpc) is 3.55. The minimum absolute atomic E-state index is 0.107. The van der Waals surface area contributed by atoms with Crippen LogP contribution in [-0.2, 0) is 11.2 Å². The number of benzene rings is 2. The number of nitrogens with zero attached hydrogens (tertiary/aromatic N) is 3. The summed E-state index contributed by atoms with van der Waals surface area (Å²) in [6.07, 6.45) is 4.22. The molecule has 2 aromatic rings. The molecule has 3 aliphatic heterocycles. The van der Waals surface area contributed by atoms with E-state index < -0.39 is 30.1 Å². The van der Waals surface area contributed by atoms with Gasteiger partial charge in [-0.05, 0) is 67.8 Å². The molecule has 46 heavy (non-hydrogen) atoms. The number of ether oxygens (including phenoxy) is 1. The van der Waals surface area contributed by atoms with Gasteiger partial charge in [-0.1, -0.05) is 17.7 Å². The van der Waals surface area contributed by atoms with E-state index in [0.29, 0.717) is 53.3 Å². The number of hydrogen-bond acceptors (Lipinski definition) is 9. The molecule has 242 valence electrons. The topological polar surface area (TPSA) is 132 Å². The summed E-state index contributed by atoms with van der Waals surface area (Å²) in [4.78, 5) is 47.6. The van der Waals surface area contributed by atoms with Gasteiger partial charge in [0.25, 0.3) is 11.8 Å². The Morgan fingerprint density at radius 3 is 2.59 bits per heavy atom. The first-order valence-corrected chi connectivity index (χ1v) is 15.6. The molecule has 3 heterocycles. The van der Waals surface area contributed by atoms with Gasteiger partial charge in [-0.25, -0.2) is 8.78 Å². The van der Waals surface area contributed by atoms with E-state index in [2.05, 4.69) is 15.2 Å². The Morgan fingerprint density at radius 1 is 1.11 bits per heavy atom. The second kappa shape index (κ2) is 13.4. The number of hydrogen-bond donors (Lipinski definition) is 3. The molecule has 1 saturated heterocycles. The number of anilines is 1. The van der Waals surface area contributed by atoms with Gasteiger partial charge in [0.15, 0.2) is 23.2 Å². The number of nitrogens with one attached hydrogen (secondary N) is 1. The van der Waals surface area contributed by atoms with E-state index in [0.717, 1.165) is 43.6 Å². The third kappa shape index (κ3) is 6.35. The van der Waals surface area contributed by atoms with Crippen LogP contribution in [0.2, 0.25) is 5.02 Å².